The van der Waals surface area contributed by atoms with Gasteiger partial charge in [-0.1, -0.05) is 11.6 Å². The Morgan fingerprint density at radius 3 is 2.56 bits per heavy atom. The van der Waals surface area contributed by atoms with Crippen LogP contribution in [-0.2, 0) is 5.88 Å². The van der Waals surface area contributed by atoms with E-state index in [0.29, 0.717) is 22.3 Å². The van der Waals surface area contributed by atoms with Crippen LogP contribution in [0.15, 0.2) is 35.5 Å². The molecule has 3 nitrogen and oxygen atoms in total. The minimum absolute atomic E-state index is 0.206. The van der Waals surface area contributed by atoms with E-state index in [1.54, 1.807) is 11.8 Å². The summed E-state index contributed by atoms with van der Waals surface area (Å²) in [7, 11) is 0. The van der Waals surface area contributed by atoms with Crippen LogP contribution in [0.5, 0.6) is 11.6 Å². The predicted octanol–water partition coefficient (Wildman–Crippen LogP) is 4.38. The molecule has 0 aliphatic heterocycles. The summed E-state index contributed by atoms with van der Waals surface area (Å²) in [5.41, 5.74) is 0.592. The van der Waals surface area contributed by atoms with Crippen molar-refractivity contribution in [2.45, 2.75) is 10.8 Å². The highest BCUT2D eigenvalue weighted by Gasteiger charge is 2.10. The maximum absolute atomic E-state index is 5.92. The monoisotopic (exact) mass is 300 g/mol. The SMILES string of the molecule is CSc1ccc(Oc2ncnc(Cl)c2CCl)cc1. The number of hydrogen-bond donors (Lipinski definition) is 0. The number of nitrogens with zero attached hydrogens (tertiary/aromatic N) is 2. The molecule has 1 aromatic carbocycles. The van der Waals surface area contributed by atoms with Gasteiger partial charge in [-0.05, 0) is 30.5 Å². The average Bonchev–Trinajstić information content (AvgIpc) is 2.40. The highest BCUT2D eigenvalue weighted by atomic mass is 35.5. The van der Waals surface area contributed by atoms with Gasteiger partial charge in [-0.25, -0.2) is 9.97 Å². The maximum Gasteiger partial charge on any atom is 0.228 e. The largest absolute Gasteiger partial charge is 0.439 e. The molecule has 0 unspecified atom stereocenters. The summed E-state index contributed by atoms with van der Waals surface area (Å²) < 4.78 is 5.65. The molecule has 0 fully saturated rings. The first kappa shape index (κ1) is 13.5. The zero-order valence-electron chi connectivity index (χ0n) is 9.56. The third kappa shape index (κ3) is 3.07. The Balaban J connectivity index is 2.25. The van der Waals surface area contributed by atoms with Crippen LogP contribution in [-0.4, -0.2) is 16.2 Å². The Labute approximate surface area is 120 Å². The Bertz CT molecular complexity index is 534. The molecule has 0 spiro atoms. The Morgan fingerprint density at radius 2 is 1.94 bits per heavy atom. The number of alkyl halides is 1. The van der Waals surface area contributed by atoms with E-state index in [1.165, 1.54) is 11.2 Å². The van der Waals surface area contributed by atoms with Gasteiger partial charge < -0.3 is 4.74 Å². The fourth-order valence-electron chi connectivity index (χ4n) is 1.33. The second kappa shape index (κ2) is 6.27. The van der Waals surface area contributed by atoms with Crippen molar-refractivity contribution in [3.63, 3.8) is 0 Å². The summed E-state index contributed by atoms with van der Waals surface area (Å²) in [6, 6.07) is 7.70. The van der Waals surface area contributed by atoms with Crippen molar-refractivity contribution in [1.29, 1.82) is 0 Å². The third-order valence-corrected chi connectivity index (χ3v) is 3.60. The van der Waals surface area contributed by atoms with E-state index >= 15 is 0 Å². The average molecular weight is 301 g/mol. The molecule has 18 heavy (non-hydrogen) atoms. The van der Waals surface area contributed by atoms with Crippen molar-refractivity contribution < 1.29 is 4.74 Å². The van der Waals surface area contributed by atoms with E-state index in [4.69, 9.17) is 27.9 Å². The number of rotatable bonds is 4. The van der Waals surface area contributed by atoms with Crippen molar-refractivity contribution in [3.8, 4) is 11.6 Å². The topological polar surface area (TPSA) is 35.0 Å². The van der Waals surface area contributed by atoms with Gasteiger partial charge in [-0.3, -0.25) is 0 Å². The van der Waals surface area contributed by atoms with Gasteiger partial charge in [0.1, 0.15) is 17.2 Å². The summed E-state index contributed by atoms with van der Waals surface area (Å²) in [5.74, 6) is 1.29. The standard InChI is InChI=1S/C12H10Cl2N2OS/c1-18-9-4-2-8(3-5-9)17-12-10(6-13)11(14)15-7-16-12/h2-5,7H,6H2,1H3. The normalized spacial score (nSPS) is 10.4. The van der Waals surface area contributed by atoms with Crippen molar-refractivity contribution in [2.24, 2.45) is 0 Å². The van der Waals surface area contributed by atoms with Crippen molar-refractivity contribution in [1.82, 2.24) is 9.97 Å². The van der Waals surface area contributed by atoms with Crippen LogP contribution in [0.25, 0.3) is 0 Å². The quantitative estimate of drug-likeness (QED) is 0.477. The molecule has 6 heteroatoms. The number of hydrogen-bond acceptors (Lipinski definition) is 4. The number of thioether (sulfide) groups is 1. The second-order valence-electron chi connectivity index (χ2n) is 3.36. The van der Waals surface area contributed by atoms with E-state index in [2.05, 4.69) is 9.97 Å². The van der Waals surface area contributed by atoms with Gasteiger partial charge in [0.25, 0.3) is 0 Å². The predicted molar refractivity (Wildman–Crippen MR) is 74.9 cm³/mol. The van der Waals surface area contributed by atoms with Crippen LogP contribution >= 0.6 is 35.0 Å². The lowest BCUT2D eigenvalue weighted by molar-refractivity contribution is 0.456. The number of aromatic nitrogens is 2. The maximum atomic E-state index is 5.92. The molecule has 1 aromatic heterocycles. The Morgan fingerprint density at radius 1 is 1.22 bits per heavy atom. The molecule has 0 aliphatic carbocycles. The molecular weight excluding hydrogens is 291 g/mol. The number of benzene rings is 1. The van der Waals surface area contributed by atoms with Crippen LogP contribution in [0.3, 0.4) is 0 Å². The van der Waals surface area contributed by atoms with E-state index in [-0.39, 0.29) is 5.88 Å². The highest BCUT2D eigenvalue weighted by molar-refractivity contribution is 7.98. The van der Waals surface area contributed by atoms with Crippen molar-refractivity contribution >= 4 is 35.0 Å². The smallest absolute Gasteiger partial charge is 0.228 e. The van der Waals surface area contributed by atoms with Gasteiger partial charge >= 0.3 is 0 Å². The molecule has 0 saturated heterocycles. The lowest BCUT2D eigenvalue weighted by Gasteiger charge is -2.09. The Kier molecular flexibility index (Phi) is 4.69. The number of ether oxygens (including phenoxy) is 1. The van der Waals surface area contributed by atoms with Crippen LogP contribution in [0.4, 0.5) is 0 Å². The molecule has 94 valence electrons. The fourth-order valence-corrected chi connectivity index (χ4v) is 2.24. The molecule has 0 saturated carbocycles. The Hall–Kier alpha value is -0.970. The van der Waals surface area contributed by atoms with Gasteiger partial charge in [0, 0.05) is 4.90 Å². The first-order chi connectivity index (χ1) is 8.74. The van der Waals surface area contributed by atoms with Gasteiger partial charge in [-0.2, -0.15) is 0 Å². The first-order valence-electron chi connectivity index (χ1n) is 5.12. The van der Waals surface area contributed by atoms with Gasteiger partial charge in [-0.15, -0.1) is 23.4 Å². The summed E-state index contributed by atoms with van der Waals surface area (Å²) in [4.78, 5) is 9.07. The molecule has 0 N–H and O–H groups in total. The van der Waals surface area contributed by atoms with Gasteiger partial charge in [0.2, 0.25) is 5.88 Å². The molecule has 1 heterocycles. The lowest BCUT2D eigenvalue weighted by atomic mass is 10.3. The zero-order valence-corrected chi connectivity index (χ0v) is 11.9. The lowest BCUT2D eigenvalue weighted by Crippen LogP contribution is -1.95. The van der Waals surface area contributed by atoms with E-state index in [9.17, 15) is 0 Å². The summed E-state index contributed by atoms with van der Waals surface area (Å²) >= 11 is 13.4. The van der Waals surface area contributed by atoms with Crippen LogP contribution < -0.4 is 4.74 Å². The molecule has 2 rings (SSSR count). The molecule has 0 radical (unpaired) electrons. The van der Waals surface area contributed by atoms with Crippen molar-refractivity contribution in [3.05, 3.63) is 41.3 Å². The number of halogens is 2. The summed E-state index contributed by atoms with van der Waals surface area (Å²) in [6.45, 7) is 0. The van der Waals surface area contributed by atoms with Crippen molar-refractivity contribution in [2.75, 3.05) is 6.26 Å². The van der Waals surface area contributed by atoms with Gasteiger partial charge in [0.15, 0.2) is 0 Å². The van der Waals surface area contributed by atoms with E-state index < -0.39 is 0 Å². The minimum Gasteiger partial charge on any atom is -0.439 e. The minimum atomic E-state index is 0.206. The second-order valence-corrected chi connectivity index (χ2v) is 4.86. The van der Waals surface area contributed by atoms with E-state index in [0.717, 1.165) is 0 Å². The highest BCUT2D eigenvalue weighted by Crippen LogP contribution is 2.29. The zero-order chi connectivity index (χ0) is 13.0. The van der Waals surface area contributed by atoms with E-state index in [1.807, 2.05) is 30.5 Å². The van der Waals surface area contributed by atoms with Crippen LogP contribution in [0.2, 0.25) is 5.15 Å². The molecule has 0 amide bonds. The molecule has 0 aliphatic rings. The molecular formula is C12H10Cl2N2OS. The summed E-state index contributed by atoms with van der Waals surface area (Å²) in [6.07, 6.45) is 3.37. The van der Waals surface area contributed by atoms with Crippen LogP contribution in [0.1, 0.15) is 5.56 Å². The fraction of sp³-hybridized carbons (Fsp3) is 0.167. The van der Waals surface area contributed by atoms with Gasteiger partial charge in [0.05, 0.1) is 11.4 Å². The summed E-state index contributed by atoms with van der Waals surface area (Å²) in [5, 5.41) is 0.315. The first-order valence-corrected chi connectivity index (χ1v) is 7.25. The molecule has 2 aromatic rings. The molecule has 0 atom stereocenters. The van der Waals surface area contributed by atoms with Crippen LogP contribution in [0, 0.1) is 0 Å². The molecule has 0 bridgehead atoms. The third-order valence-electron chi connectivity index (χ3n) is 2.26.